The summed E-state index contributed by atoms with van der Waals surface area (Å²) in [5.74, 6) is -0.113. The minimum absolute atomic E-state index is 0. The maximum atomic E-state index is 12.7. The van der Waals surface area contributed by atoms with E-state index in [0.29, 0.717) is 5.56 Å². The first-order chi connectivity index (χ1) is 18.1. The molecule has 0 bridgehead atoms. The molecular formula is C31H42N4O2. The number of hydrogen-bond donors (Lipinski definition) is 1. The van der Waals surface area contributed by atoms with Gasteiger partial charge in [0.2, 0.25) is 0 Å². The van der Waals surface area contributed by atoms with Crippen LogP contribution in [0.25, 0.3) is 16.6 Å². The number of ether oxygens (including phenoxy) is 1. The molecule has 1 N–H and O–H groups in total. The van der Waals surface area contributed by atoms with Crippen molar-refractivity contribution in [2.75, 3.05) is 55.5 Å². The van der Waals surface area contributed by atoms with E-state index in [-0.39, 0.29) is 7.33 Å². The Kier molecular flexibility index (Phi) is 10.2. The van der Waals surface area contributed by atoms with Gasteiger partial charge in [0.05, 0.1) is 18.7 Å². The van der Waals surface area contributed by atoms with Gasteiger partial charge >= 0.3 is 0 Å². The molecule has 1 amide bonds. The van der Waals surface area contributed by atoms with Crippen LogP contribution in [-0.4, -0.2) is 50.9 Å². The molecule has 0 saturated carbocycles. The van der Waals surface area contributed by atoms with Gasteiger partial charge in [-0.05, 0) is 72.8 Å². The molecule has 1 aliphatic heterocycles. The Morgan fingerprint density at radius 3 is 2.08 bits per heavy atom. The van der Waals surface area contributed by atoms with E-state index >= 15 is 0 Å². The van der Waals surface area contributed by atoms with Crippen molar-refractivity contribution in [3.8, 4) is 5.69 Å². The summed E-state index contributed by atoms with van der Waals surface area (Å²) in [6, 6.07) is 24.3. The van der Waals surface area contributed by atoms with Crippen molar-refractivity contribution in [3.63, 3.8) is 0 Å². The SMILES string of the molecule is CC.CC.CN(C)c1ccc(C(=O)Nc2ccc3c(ccn3-c3ccc(N4CCOCC4)cc3)c2)cc1.[HH]. The highest BCUT2D eigenvalue weighted by atomic mass is 16.5. The van der Waals surface area contributed by atoms with Crippen LogP contribution < -0.4 is 15.1 Å². The summed E-state index contributed by atoms with van der Waals surface area (Å²) in [4.78, 5) is 17.0. The van der Waals surface area contributed by atoms with Crippen LogP contribution in [0.4, 0.5) is 17.1 Å². The lowest BCUT2D eigenvalue weighted by molar-refractivity contribution is 0.102. The van der Waals surface area contributed by atoms with Gasteiger partial charge in [-0.3, -0.25) is 4.79 Å². The highest BCUT2D eigenvalue weighted by molar-refractivity contribution is 6.05. The Hall–Kier alpha value is -3.77. The van der Waals surface area contributed by atoms with Gasteiger partial charge in [-0.15, -0.1) is 0 Å². The fourth-order valence-corrected chi connectivity index (χ4v) is 4.21. The summed E-state index contributed by atoms with van der Waals surface area (Å²) in [5.41, 5.74) is 5.92. The monoisotopic (exact) mass is 502 g/mol. The second kappa shape index (κ2) is 13.5. The highest BCUT2D eigenvalue weighted by Crippen LogP contribution is 2.26. The molecule has 1 aromatic heterocycles. The molecule has 0 unspecified atom stereocenters. The third kappa shape index (κ3) is 6.71. The predicted octanol–water partition coefficient (Wildman–Crippen LogP) is 7.08. The van der Waals surface area contributed by atoms with Crippen LogP contribution in [0.15, 0.2) is 79.0 Å². The van der Waals surface area contributed by atoms with E-state index in [2.05, 4.69) is 57.4 Å². The molecule has 198 valence electrons. The maximum Gasteiger partial charge on any atom is 0.255 e. The van der Waals surface area contributed by atoms with E-state index in [1.165, 1.54) is 5.69 Å². The van der Waals surface area contributed by atoms with E-state index in [9.17, 15) is 4.79 Å². The van der Waals surface area contributed by atoms with Crippen LogP contribution in [0.5, 0.6) is 0 Å². The number of carbonyl (C=O) groups excluding carboxylic acids is 1. The van der Waals surface area contributed by atoms with Crippen molar-refractivity contribution < 1.29 is 11.0 Å². The van der Waals surface area contributed by atoms with Crippen molar-refractivity contribution in [2.24, 2.45) is 0 Å². The van der Waals surface area contributed by atoms with Crippen LogP contribution in [0.3, 0.4) is 0 Å². The average Bonchev–Trinajstić information content (AvgIpc) is 3.39. The van der Waals surface area contributed by atoms with Gasteiger partial charge in [0.25, 0.3) is 5.91 Å². The summed E-state index contributed by atoms with van der Waals surface area (Å²) < 4.78 is 7.62. The Morgan fingerprint density at radius 2 is 1.46 bits per heavy atom. The van der Waals surface area contributed by atoms with Crippen molar-refractivity contribution in [2.45, 2.75) is 27.7 Å². The zero-order valence-electron chi connectivity index (χ0n) is 23.0. The Bertz CT molecular complexity index is 1260. The van der Waals surface area contributed by atoms with E-state index in [1.807, 2.05) is 83.1 Å². The fourth-order valence-electron chi connectivity index (χ4n) is 4.21. The summed E-state index contributed by atoms with van der Waals surface area (Å²) in [6.07, 6.45) is 2.07. The number of nitrogens with zero attached hydrogens (tertiary/aromatic N) is 3. The molecule has 1 saturated heterocycles. The molecule has 2 heterocycles. The largest absolute Gasteiger partial charge is 0.378 e. The van der Waals surface area contributed by atoms with Crippen molar-refractivity contribution >= 4 is 33.9 Å². The minimum atomic E-state index is -0.113. The first kappa shape index (κ1) is 27.8. The number of rotatable bonds is 5. The molecule has 0 atom stereocenters. The summed E-state index contributed by atoms with van der Waals surface area (Å²) in [7, 11) is 3.96. The van der Waals surface area contributed by atoms with Crippen molar-refractivity contribution in [1.82, 2.24) is 4.57 Å². The number of nitrogens with one attached hydrogen (secondary N) is 1. The Balaban J connectivity index is 0.000000969. The van der Waals surface area contributed by atoms with E-state index in [4.69, 9.17) is 4.74 Å². The normalized spacial score (nSPS) is 12.6. The lowest BCUT2D eigenvalue weighted by Crippen LogP contribution is -2.36. The van der Waals surface area contributed by atoms with Crippen LogP contribution in [0.1, 0.15) is 39.5 Å². The zero-order valence-corrected chi connectivity index (χ0v) is 23.0. The minimum Gasteiger partial charge on any atom is -0.378 e. The maximum absolute atomic E-state index is 12.7. The quantitative estimate of drug-likeness (QED) is 0.317. The molecule has 0 aliphatic carbocycles. The Morgan fingerprint density at radius 1 is 0.838 bits per heavy atom. The van der Waals surface area contributed by atoms with E-state index in [1.54, 1.807) is 0 Å². The summed E-state index contributed by atoms with van der Waals surface area (Å²) in [5, 5.41) is 4.09. The third-order valence-electron chi connectivity index (χ3n) is 6.10. The molecule has 1 aliphatic rings. The van der Waals surface area contributed by atoms with Crippen LogP contribution in [0, 0.1) is 0 Å². The second-order valence-corrected chi connectivity index (χ2v) is 8.47. The number of carbonyl (C=O) groups is 1. The number of fused-ring (bicyclic) bond motifs is 1. The molecule has 37 heavy (non-hydrogen) atoms. The first-order valence-corrected chi connectivity index (χ1v) is 13.2. The number of amides is 1. The van der Waals surface area contributed by atoms with E-state index in [0.717, 1.165) is 54.3 Å². The Labute approximate surface area is 222 Å². The molecule has 1 fully saturated rings. The van der Waals surface area contributed by atoms with Crippen LogP contribution in [0.2, 0.25) is 0 Å². The van der Waals surface area contributed by atoms with Crippen molar-refractivity contribution in [3.05, 3.63) is 84.6 Å². The van der Waals surface area contributed by atoms with Gasteiger partial charge < -0.3 is 24.4 Å². The summed E-state index contributed by atoms with van der Waals surface area (Å²) in [6.45, 7) is 11.4. The molecule has 6 heteroatoms. The smallest absolute Gasteiger partial charge is 0.255 e. The third-order valence-corrected chi connectivity index (χ3v) is 6.10. The topological polar surface area (TPSA) is 49.7 Å². The van der Waals surface area contributed by atoms with Crippen LogP contribution in [-0.2, 0) is 4.74 Å². The lowest BCUT2D eigenvalue weighted by atomic mass is 10.1. The number of morpholine rings is 1. The first-order valence-electron chi connectivity index (χ1n) is 13.2. The van der Waals surface area contributed by atoms with Gasteiger partial charge in [0.1, 0.15) is 0 Å². The lowest BCUT2D eigenvalue weighted by Gasteiger charge is -2.29. The molecule has 3 aromatic carbocycles. The van der Waals surface area contributed by atoms with Gasteiger partial charge in [0.15, 0.2) is 0 Å². The predicted molar refractivity (Wildman–Crippen MR) is 160 cm³/mol. The average molecular weight is 503 g/mol. The molecule has 5 rings (SSSR count). The number of benzene rings is 3. The zero-order chi connectivity index (χ0) is 26.8. The number of anilines is 3. The molecular weight excluding hydrogens is 460 g/mol. The molecule has 6 nitrogen and oxygen atoms in total. The number of hydrogen-bond acceptors (Lipinski definition) is 4. The van der Waals surface area contributed by atoms with Crippen LogP contribution >= 0.6 is 0 Å². The summed E-state index contributed by atoms with van der Waals surface area (Å²) >= 11 is 0. The standard InChI is InChI=1S/C27H28N4O2.2C2H6.H2/c1-29(2)23-6-3-20(4-7-23)27(32)28-22-5-12-26-21(19-22)13-14-31(26)25-10-8-24(9-11-25)30-15-17-33-18-16-30;2*1-2;/h3-14,19H,15-18H2,1-2H3,(H,28,32);2*1-2H3;1H. The molecule has 0 radical (unpaired) electrons. The van der Waals surface area contributed by atoms with E-state index < -0.39 is 0 Å². The molecule has 0 spiro atoms. The highest BCUT2D eigenvalue weighted by Gasteiger charge is 2.12. The number of aromatic nitrogens is 1. The van der Waals surface area contributed by atoms with Gasteiger partial charge in [-0.1, -0.05) is 27.7 Å². The molecule has 4 aromatic rings. The second-order valence-electron chi connectivity index (χ2n) is 8.47. The fraction of sp³-hybridized carbons (Fsp3) is 0.323. The van der Waals surface area contributed by atoms with Gasteiger partial charge in [-0.25, -0.2) is 0 Å². The van der Waals surface area contributed by atoms with Gasteiger partial charge in [0, 0.05) is 68.5 Å². The van der Waals surface area contributed by atoms with Gasteiger partial charge in [-0.2, -0.15) is 0 Å². The van der Waals surface area contributed by atoms with Crippen molar-refractivity contribution in [1.29, 1.82) is 0 Å².